The number of carbonyl (C=O) groups excluding carboxylic acids is 1. The number of benzene rings is 1. The number of carbonyl (C=O) groups is 1. The van der Waals surface area contributed by atoms with Crippen LogP contribution in [0.5, 0.6) is 0 Å². The molecule has 1 aromatic rings. The minimum atomic E-state index is -0.461. The molecule has 3 nitrogen and oxygen atoms in total. The molecule has 0 saturated heterocycles. The highest BCUT2D eigenvalue weighted by Gasteiger charge is 2.10. The lowest BCUT2D eigenvalue weighted by atomic mass is 10.1. The minimum Gasteiger partial charge on any atom is -0.350 e. The summed E-state index contributed by atoms with van der Waals surface area (Å²) in [7, 11) is 0. The van der Waals surface area contributed by atoms with Gasteiger partial charge in [-0.2, -0.15) is 0 Å². The molecule has 18 heavy (non-hydrogen) atoms. The zero-order valence-electron chi connectivity index (χ0n) is 10.1. The van der Waals surface area contributed by atoms with E-state index in [9.17, 15) is 9.18 Å². The summed E-state index contributed by atoms with van der Waals surface area (Å²) in [4.78, 5) is 11.5. The molecule has 0 radical (unpaired) electrons. The third-order valence-electron chi connectivity index (χ3n) is 2.43. The van der Waals surface area contributed by atoms with E-state index in [1.54, 1.807) is 6.07 Å². The zero-order chi connectivity index (χ0) is 12.8. The van der Waals surface area contributed by atoms with Gasteiger partial charge in [-0.15, -0.1) is 12.4 Å². The van der Waals surface area contributed by atoms with Crippen LogP contribution in [0.4, 0.5) is 4.39 Å². The van der Waals surface area contributed by atoms with Crippen LogP contribution >= 0.6 is 24.0 Å². The highest BCUT2D eigenvalue weighted by molar-refractivity contribution is 6.30. The van der Waals surface area contributed by atoms with Crippen molar-refractivity contribution in [1.29, 1.82) is 0 Å². The molecule has 1 unspecified atom stereocenters. The highest BCUT2D eigenvalue weighted by Crippen LogP contribution is 2.20. The number of hydrogen-bond donors (Lipinski definition) is 2. The monoisotopic (exact) mass is 294 g/mol. The lowest BCUT2D eigenvalue weighted by molar-refractivity contribution is -0.121. The first kappa shape index (κ1) is 17.2. The summed E-state index contributed by atoms with van der Waals surface area (Å²) in [6.45, 7) is 2.31. The van der Waals surface area contributed by atoms with E-state index < -0.39 is 5.82 Å². The minimum absolute atomic E-state index is 0. The van der Waals surface area contributed by atoms with Gasteiger partial charge in [0.1, 0.15) is 5.82 Å². The molecule has 0 spiro atoms. The average molecular weight is 295 g/mol. The van der Waals surface area contributed by atoms with Crippen LogP contribution in [0.25, 0.3) is 0 Å². The smallest absolute Gasteiger partial charge is 0.220 e. The molecule has 6 heteroatoms. The Labute approximate surface area is 117 Å². The number of hydrogen-bond acceptors (Lipinski definition) is 2. The van der Waals surface area contributed by atoms with Crippen LogP contribution in [0.3, 0.4) is 0 Å². The highest BCUT2D eigenvalue weighted by atomic mass is 35.5. The van der Waals surface area contributed by atoms with E-state index in [0.29, 0.717) is 19.4 Å². The van der Waals surface area contributed by atoms with Crippen LogP contribution in [0, 0.1) is 5.82 Å². The predicted octanol–water partition coefficient (Wildman–Crippen LogP) is 2.82. The summed E-state index contributed by atoms with van der Waals surface area (Å²) in [5.41, 5.74) is 6.09. The first-order valence-electron chi connectivity index (χ1n) is 5.49. The Balaban J connectivity index is 0.00000289. The summed E-state index contributed by atoms with van der Waals surface area (Å²) >= 11 is 5.67. The van der Waals surface area contributed by atoms with Gasteiger partial charge in [0.2, 0.25) is 5.91 Å². The van der Waals surface area contributed by atoms with Crippen molar-refractivity contribution in [2.75, 3.05) is 6.54 Å². The van der Waals surface area contributed by atoms with Crippen molar-refractivity contribution in [1.82, 2.24) is 5.32 Å². The summed E-state index contributed by atoms with van der Waals surface area (Å²) in [5, 5.41) is 2.86. The summed E-state index contributed by atoms with van der Waals surface area (Å²) in [6.07, 6.45) is 1.05. The maximum absolute atomic E-state index is 13.0. The largest absolute Gasteiger partial charge is 0.350 e. The molecule has 1 amide bonds. The Morgan fingerprint density at radius 1 is 1.56 bits per heavy atom. The van der Waals surface area contributed by atoms with Gasteiger partial charge >= 0.3 is 0 Å². The topological polar surface area (TPSA) is 55.1 Å². The summed E-state index contributed by atoms with van der Waals surface area (Å²) < 4.78 is 13.0. The number of rotatable bonds is 5. The van der Waals surface area contributed by atoms with Crippen molar-refractivity contribution in [2.45, 2.75) is 25.8 Å². The van der Waals surface area contributed by atoms with Crippen LogP contribution in [0.1, 0.15) is 31.4 Å². The van der Waals surface area contributed by atoms with Gasteiger partial charge in [-0.25, -0.2) is 4.39 Å². The molecule has 0 bridgehead atoms. The standard InChI is InChI=1S/C12H16ClFN2O.ClH/c1-8(16-12(17)3-2-6-15)9-4-5-11(14)10(13)7-9;/h4-5,7-8H,2-3,6,15H2,1H3,(H,16,17);1H. The van der Waals surface area contributed by atoms with Gasteiger partial charge in [-0.1, -0.05) is 17.7 Å². The van der Waals surface area contributed by atoms with Crippen molar-refractivity contribution < 1.29 is 9.18 Å². The van der Waals surface area contributed by atoms with E-state index in [2.05, 4.69) is 5.32 Å². The first-order chi connectivity index (χ1) is 8.04. The van der Waals surface area contributed by atoms with Gasteiger partial charge in [0, 0.05) is 6.42 Å². The van der Waals surface area contributed by atoms with Gasteiger partial charge in [0.15, 0.2) is 0 Å². The Bertz CT molecular complexity index is 402. The van der Waals surface area contributed by atoms with Gasteiger partial charge in [-0.05, 0) is 37.6 Å². The van der Waals surface area contributed by atoms with Crippen LogP contribution in [0.2, 0.25) is 5.02 Å². The first-order valence-corrected chi connectivity index (χ1v) is 5.86. The van der Waals surface area contributed by atoms with Crippen LogP contribution in [-0.2, 0) is 4.79 Å². The van der Waals surface area contributed by atoms with E-state index in [0.717, 1.165) is 5.56 Å². The van der Waals surface area contributed by atoms with Crippen LogP contribution < -0.4 is 11.1 Å². The zero-order valence-corrected chi connectivity index (χ0v) is 11.7. The van der Waals surface area contributed by atoms with Gasteiger partial charge in [-0.3, -0.25) is 4.79 Å². The normalized spacial score (nSPS) is 11.6. The Morgan fingerprint density at radius 2 is 2.22 bits per heavy atom. The van der Waals surface area contributed by atoms with Crippen molar-refractivity contribution in [2.24, 2.45) is 5.73 Å². The Morgan fingerprint density at radius 3 is 2.78 bits per heavy atom. The Kier molecular flexibility index (Phi) is 7.91. The number of amides is 1. The summed E-state index contributed by atoms with van der Waals surface area (Å²) in [6, 6.07) is 4.22. The lowest BCUT2D eigenvalue weighted by Crippen LogP contribution is -2.26. The molecular weight excluding hydrogens is 278 g/mol. The molecule has 102 valence electrons. The summed E-state index contributed by atoms with van der Waals surface area (Å²) in [5.74, 6) is -0.527. The fourth-order valence-corrected chi connectivity index (χ4v) is 1.63. The fourth-order valence-electron chi connectivity index (χ4n) is 1.44. The molecule has 0 aliphatic heterocycles. The quantitative estimate of drug-likeness (QED) is 0.877. The van der Waals surface area contributed by atoms with Crippen molar-refractivity contribution in [3.8, 4) is 0 Å². The molecule has 1 aromatic carbocycles. The molecule has 0 heterocycles. The number of nitrogens with one attached hydrogen (secondary N) is 1. The third kappa shape index (κ3) is 5.21. The molecule has 0 saturated carbocycles. The number of nitrogens with two attached hydrogens (primary N) is 1. The Hall–Kier alpha value is -0.840. The van der Waals surface area contributed by atoms with E-state index in [1.165, 1.54) is 12.1 Å². The molecule has 1 rings (SSSR count). The van der Waals surface area contributed by atoms with E-state index in [-0.39, 0.29) is 29.4 Å². The molecule has 0 aliphatic rings. The van der Waals surface area contributed by atoms with Crippen LogP contribution in [-0.4, -0.2) is 12.5 Å². The van der Waals surface area contributed by atoms with E-state index in [4.69, 9.17) is 17.3 Å². The molecule has 1 atom stereocenters. The van der Waals surface area contributed by atoms with Crippen LogP contribution in [0.15, 0.2) is 18.2 Å². The maximum Gasteiger partial charge on any atom is 0.220 e. The van der Waals surface area contributed by atoms with Crippen molar-refractivity contribution in [3.63, 3.8) is 0 Å². The predicted molar refractivity (Wildman–Crippen MR) is 73.5 cm³/mol. The van der Waals surface area contributed by atoms with E-state index in [1.807, 2.05) is 6.92 Å². The third-order valence-corrected chi connectivity index (χ3v) is 2.72. The van der Waals surface area contributed by atoms with Gasteiger partial charge in [0.05, 0.1) is 11.1 Å². The average Bonchev–Trinajstić information content (AvgIpc) is 2.30. The second-order valence-corrected chi connectivity index (χ2v) is 4.26. The van der Waals surface area contributed by atoms with Gasteiger partial charge < -0.3 is 11.1 Å². The number of halogens is 3. The maximum atomic E-state index is 13.0. The molecular formula is C12H17Cl2FN2O. The van der Waals surface area contributed by atoms with Crippen molar-refractivity contribution >= 4 is 29.9 Å². The molecule has 0 fully saturated rings. The lowest BCUT2D eigenvalue weighted by Gasteiger charge is -2.14. The van der Waals surface area contributed by atoms with Gasteiger partial charge in [0.25, 0.3) is 0 Å². The van der Waals surface area contributed by atoms with E-state index >= 15 is 0 Å². The van der Waals surface area contributed by atoms with Crippen molar-refractivity contribution in [3.05, 3.63) is 34.6 Å². The molecule has 0 aromatic heterocycles. The molecule has 3 N–H and O–H groups in total. The second-order valence-electron chi connectivity index (χ2n) is 3.85. The second kappa shape index (κ2) is 8.29. The fraction of sp³-hybridized carbons (Fsp3) is 0.417. The molecule has 0 aliphatic carbocycles. The SMILES string of the molecule is CC(NC(=O)CCCN)c1ccc(F)c(Cl)c1.Cl.